The average Bonchev–Trinajstić information content (AvgIpc) is 3.12. The van der Waals surface area contributed by atoms with E-state index in [9.17, 15) is 13.5 Å². The highest BCUT2D eigenvalue weighted by molar-refractivity contribution is 7.91. The van der Waals surface area contributed by atoms with Gasteiger partial charge in [0, 0.05) is 0 Å². The molecule has 0 aromatic heterocycles. The third-order valence-electron chi connectivity index (χ3n) is 10.7. The highest BCUT2D eigenvalue weighted by Gasteiger charge is 2.59. The highest BCUT2D eigenvalue weighted by Crippen LogP contribution is 2.67. The van der Waals surface area contributed by atoms with E-state index in [2.05, 4.69) is 26.8 Å². The predicted octanol–water partition coefficient (Wildman–Crippen LogP) is 6.43. The number of allylic oxidation sites excluding steroid dienone is 1. The molecule has 0 spiro atoms. The molecule has 1 N–H and O–H groups in total. The van der Waals surface area contributed by atoms with E-state index >= 15 is 0 Å². The summed E-state index contributed by atoms with van der Waals surface area (Å²) < 4.78 is 26.2. The zero-order valence-electron chi connectivity index (χ0n) is 20.9. The molecule has 182 valence electrons. The van der Waals surface area contributed by atoms with Gasteiger partial charge in [-0.05, 0) is 111 Å². The standard InChI is InChI=1S/C29H42O3S/c1-20(19-33(31,32)22-8-6-5-7-9-22)24-12-13-25-23-11-10-21-18-27(2,30)16-17-28(21,3)26(23)14-15-29(24,25)4/h5-10,20,23-26,30H,11-19H2,1-4H3/t20-,23?,24-,25+,26+,27+,28+,29-/m1/s1. The van der Waals surface area contributed by atoms with Crippen molar-refractivity contribution >= 4 is 9.84 Å². The van der Waals surface area contributed by atoms with Crippen LogP contribution in [0.15, 0.2) is 46.9 Å². The molecule has 4 heteroatoms. The maximum atomic E-state index is 13.1. The van der Waals surface area contributed by atoms with Crippen LogP contribution >= 0.6 is 0 Å². The van der Waals surface area contributed by atoms with Crippen molar-refractivity contribution in [3.8, 4) is 0 Å². The topological polar surface area (TPSA) is 54.4 Å². The first kappa shape index (κ1) is 23.6. The van der Waals surface area contributed by atoms with Crippen molar-refractivity contribution < 1.29 is 13.5 Å². The number of aliphatic hydroxyl groups is 1. The van der Waals surface area contributed by atoms with Crippen molar-refractivity contribution in [3.63, 3.8) is 0 Å². The molecule has 3 nitrogen and oxygen atoms in total. The Labute approximate surface area is 201 Å². The molecule has 1 aromatic carbocycles. The number of sulfone groups is 1. The predicted molar refractivity (Wildman–Crippen MR) is 133 cm³/mol. The molecule has 0 saturated heterocycles. The molecule has 0 amide bonds. The second-order valence-electron chi connectivity index (χ2n) is 12.7. The molecular formula is C29H42O3S. The van der Waals surface area contributed by atoms with Crippen LogP contribution in [0.25, 0.3) is 0 Å². The lowest BCUT2D eigenvalue weighted by atomic mass is 9.46. The van der Waals surface area contributed by atoms with Crippen LogP contribution in [-0.2, 0) is 9.84 Å². The minimum absolute atomic E-state index is 0.178. The van der Waals surface area contributed by atoms with Crippen LogP contribution in [0.5, 0.6) is 0 Å². The van der Waals surface area contributed by atoms with Crippen LogP contribution in [0.4, 0.5) is 0 Å². The molecule has 5 rings (SSSR count). The molecule has 1 aromatic rings. The fourth-order valence-electron chi connectivity index (χ4n) is 8.97. The van der Waals surface area contributed by atoms with Crippen LogP contribution in [-0.4, -0.2) is 24.9 Å². The first-order valence-electron chi connectivity index (χ1n) is 13.2. The van der Waals surface area contributed by atoms with Gasteiger partial charge >= 0.3 is 0 Å². The summed E-state index contributed by atoms with van der Waals surface area (Å²) in [6, 6.07) is 8.99. The van der Waals surface area contributed by atoms with E-state index in [0.29, 0.717) is 28.6 Å². The van der Waals surface area contributed by atoms with E-state index in [-0.39, 0.29) is 22.5 Å². The number of hydrogen-bond donors (Lipinski definition) is 1. The molecule has 4 aliphatic rings. The highest BCUT2D eigenvalue weighted by atomic mass is 32.2. The van der Waals surface area contributed by atoms with Gasteiger partial charge in [-0.25, -0.2) is 8.42 Å². The number of benzene rings is 1. The Morgan fingerprint density at radius 2 is 1.73 bits per heavy atom. The number of fused-ring (bicyclic) bond motifs is 5. The molecule has 0 aliphatic heterocycles. The van der Waals surface area contributed by atoms with Gasteiger partial charge in [-0.1, -0.05) is 50.6 Å². The minimum atomic E-state index is -3.25. The van der Waals surface area contributed by atoms with Gasteiger partial charge in [0.25, 0.3) is 0 Å². The van der Waals surface area contributed by atoms with Crippen molar-refractivity contribution in [2.75, 3.05) is 5.75 Å². The molecule has 4 aliphatic carbocycles. The zero-order valence-corrected chi connectivity index (χ0v) is 21.7. The van der Waals surface area contributed by atoms with E-state index in [4.69, 9.17) is 0 Å². The summed E-state index contributed by atoms with van der Waals surface area (Å²) in [5.41, 5.74) is 1.46. The lowest BCUT2D eigenvalue weighted by molar-refractivity contribution is -0.0692. The maximum absolute atomic E-state index is 13.1. The molecule has 0 bridgehead atoms. The first-order valence-corrected chi connectivity index (χ1v) is 14.8. The summed E-state index contributed by atoms with van der Waals surface area (Å²) in [4.78, 5) is 0.464. The lowest BCUT2D eigenvalue weighted by Crippen LogP contribution is -2.52. The monoisotopic (exact) mass is 470 g/mol. The van der Waals surface area contributed by atoms with Crippen LogP contribution in [0.1, 0.15) is 79.1 Å². The Hall–Kier alpha value is -1.13. The zero-order chi connectivity index (χ0) is 23.6. The Morgan fingerprint density at radius 1 is 1.00 bits per heavy atom. The molecule has 0 heterocycles. The SMILES string of the molecule is C[C@H](CS(=O)(=O)c1ccccc1)[C@H]1CC[C@H]2C3CC=C4C[C@@](C)(O)CC[C@]4(C)[C@H]3CC[C@]12C. The third-order valence-corrected chi connectivity index (χ3v) is 12.7. The van der Waals surface area contributed by atoms with Gasteiger partial charge in [0.05, 0.1) is 16.2 Å². The molecule has 0 radical (unpaired) electrons. The fraction of sp³-hybridized carbons (Fsp3) is 0.724. The molecule has 33 heavy (non-hydrogen) atoms. The van der Waals surface area contributed by atoms with Gasteiger partial charge in [0.1, 0.15) is 0 Å². The smallest absolute Gasteiger partial charge is 0.178 e. The van der Waals surface area contributed by atoms with Gasteiger partial charge in [0.15, 0.2) is 9.84 Å². The van der Waals surface area contributed by atoms with Crippen molar-refractivity contribution in [2.24, 2.45) is 40.4 Å². The second kappa shape index (κ2) is 7.95. The largest absolute Gasteiger partial charge is 0.390 e. The third kappa shape index (κ3) is 3.84. The van der Waals surface area contributed by atoms with Gasteiger partial charge in [0.2, 0.25) is 0 Å². The summed E-state index contributed by atoms with van der Waals surface area (Å²) in [6.07, 6.45) is 11.4. The van der Waals surface area contributed by atoms with Crippen LogP contribution in [0.2, 0.25) is 0 Å². The van der Waals surface area contributed by atoms with Crippen LogP contribution in [0.3, 0.4) is 0 Å². The second-order valence-corrected chi connectivity index (χ2v) is 14.8. The Morgan fingerprint density at radius 3 is 2.45 bits per heavy atom. The van der Waals surface area contributed by atoms with Crippen molar-refractivity contribution in [1.82, 2.24) is 0 Å². The van der Waals surface area contributed by atoms with E-state index in [1.54, 1.807) is 12.1 Å². The summed E-state index contributed by atoms with van der Waals surface area (Å²) in [5.74, 6) is 3.04. The summed E-state index contributed by atoms with van der Waals surface area (Å²) in [7, 11) is -3.25. The van der Waals surface area contributed by atoms with E-state index in [1.807, 2.05) is 25.1 Å². The Bertz CT molecular complexity index is 1030. The number of hydrogen-bond acceptors (Lipinski definition) is 3. The fourth-order valence-corrected chi connectivity index (χ4v) is 10.7. The molecule has 8 atom stereocenters. The molecule has 3 saturated carbocycles. The first-order chi connectivity index (χ1) is 15.5. The summed E-state index contributed by atoms with van der Waals surface area (Å²) in [6.45, 7) is 9.16. The van der Waals surface area contributed by atoms with Gasteiger partial charge in [-0.2, -0.15) is 0 Å². The van der Waals surface area contributed by atoms with Gasteiger partial charge in [-0.15, -0.1) is 0 Å². The summed E-state index contributed by atoms with van der Waals surface area (Å²) >= 11 is 0. The van der Waals surface area contributed by atoms with Gasteiger partial charge < -0.3 is 5.11 Å². The van der Waals surface area contributed by atoms with Crippen molar-refractivity contribution in [1.29, 1.82) is 0 Å². The van der Waals surface area contributed by atoms with Crippen LogP contribution in [0, 0.1) is 40.4 Å². The van der Waals surface area contributed by atoms with Crippen molar-refractivity contribution in [3.05, 3.63) is 42.0 Å². The van der Waals surface area contributed by atoms with Crippen molar-refractivity contribution in [2.45, 2.75) is 89.6 Å². The average molecular weight is 471 g/mol. The lowest BCUT2D eigenvalue weighted by Gasteiger charge is -2.59. The quantitative estimate of drug-likeness (QED) is 0.516. The Kier molecular flexibility index (Phi) is 5.68. The normalized spacial score (nSPS) is 43.7. The molecular weight excluding hydrogens is 428 g/mol. The maximum Gasteiger partial charge on any atom is 0.178 e. The molecule has 1 unspecified atom stereocenters. The van der Waals surface area contributed by atoms with Gasteiger partial charge in [-0.3, -0.25) is 0 Å². The van der Waals surface area contributed by atoms with E-state index < -0.39 is 15.4 Å². The Balaban J connectivity index is 1.36. The van der Waals surface area contributed by atoms with Crippen LogP contribution < -0.4 is 0 Å². The summed E-state index contributed by atoms with van der Waals surface area (Å²) in [5, 5.41) is 10.7. The molecule has 3 fully saturated rings. The minimum Gasteiger partial charge on any atom is -0.390 e. The van der Waals surface area contributed by atoms with E-state index in [0.717, 1.165) is 32.1 Å². The van der Waals surface area contributed by atoms with E-state index in [1.165, 1.54) is 24.8 Å². The number of rotatable bonds is 4.